The Bertz CT molecular complexity index is 359. The molecule has 0 spiro atoms. The maximum Gasteiger partial charge on any atom is 0.310 e. The number of nitrogens with zero attached hydrogens (tertiary/aromatic N) is 1. The average molecular weight is 283 g/mol. The Morgan fingerprint density at radius 2 is 1.75 bits per heavy atom. The lowest BCUT2D eigenvalue weighted by Crippen LogP contribution is -2.40. The molecule has 0 saturated carbocycles. The van der Waals surface area contributed by atoms with Crippen molar-refractivity contribution >= 4 is 11.9 Å². The van der Waals surface area contributed by atoms with Gasteiger partial charge in [-0.15, -0.1) is 0 Å². The average Bonchev–Trinajstić information content (AvgIpc) is 2.56. The summed E-state index contributed by atoms with van der Waals surface area (Å²) in [4.78, 5) is 25.8. The molecule has 1 amide bonds. The summed E-state index contributed by atoms with van der Waals surface area (Å²) >= 11 is 0. The third kappa shape index (κ3) is 3.97. The van der Waals surface area contributed by atoms with E-state index in [4.69, 9.17) is 0 Å². The van der Waals surface area contributed by atoms with Gasteiger partial charge in [-0.25, -0.2) is 0 Å². The van der Waals surface area contributed by atoms with Crippen molar-refractivity contribution in [2.24, 2.45) is 10.8 Å². The predicted molar refractivity (Wildman–Crippen MR) is 79.5 cm³/mol. The molecule has 20 heavy (non-hydrogen) atoms. The van der Waals surface area contributed by atoms with E-state index in [2.05, 4.69) is 13.8 Å². The van der Waals surface area contributed by atoms with Crippen LogP contribution < -0.4 is 0 Å². The monoisotopic (exact) mass is 283 g/mol. The molecule has 116 valence electrons. The third-order valence-corrected chi connectivity index (χ3v) is 4.99. The van der Waals surface area contributed by atoms with Crippen molar-refractivity contribution in [3.8, 4) is 0 Å². The van der Waals surface area contributed by atoms with Gasteiger partial charge in [0.1, 0.15) is 0 Å². The first-order valence-electron chi connectivity index (χ1n) is 7.77. The van der Waals surface area contributed by atoms with E-state index in [1.165, 1.54) is 0 Å². The van der Waals surface area contributed by atoms with Crippen LogP contribution in [0, 0.1) is 10.8 Å². The van der Waals surface area contributed by atoms with E-state index < -0.39 is 11.4 Å². The van der Waals surface area contributed by atoms with Crippen molar-refractivity contribution in [1.29, 1.82) is 0 Å². The van der Waals surface area contributed by atoms with E-state index >= 15 is 0 Å². The van der Waals surface area contributed by atoms with Gasteiger partial charge in [-0.05, 0) is 37.5 Å². The van der Waals surface area contributed by atoms with Gasteiger partial charge in [0, 0.05) is 19.5 Å². The molecule has 0 aromatic rings. The number of amides is 1. The minimum atomic E-state index is -0.890. The van der Waals surface area contributed by atoms with Crippen LogP contribution in [0.15, 0.2) is 0 Å². The molecular formula is C16H29NO3. The lowest BCUT2D eigenvalue weighted by Gasteiger charge is -2.30. The number of rotatable bonds is 5. The second-order valence-electron chi connectivity index (χ2n) is 6.87. The first kappa shape index (κ1) is 17.0. The Morgan fingerprint density at radius 1 is 1.15 bits per heavy atom. The number of aliphatic carboxylic acids is 1. The molecule has 0 unspecified atom stereocenters. The first-order valence-corrected chi connectivity index (χ1v) is 7.77. The van der Waals surface area contributed by atoms with Gasteiger partial charge in [-0.3, -0.25) is 9.59 Å². The summed E-state index contributed by atoms with van der Waals surface area (Å²) in [6.07, 6.45) is 4.28. The van der Waals surface area contributed by atoms with Crippen LogP contribution in [0.4, 0.5) is 0 Å². The van der Waals surface area contributed by atoms with E-state index in [0.29, 0.717) is 12.8 Å². The Hall–Kier alpha value is -1.06. The minimum absolute atomic E-state index is 0.00815. The fourth-order valence-corrected chi connectivity index (χ4v) is 2.95. The summed E-state index contributed by atoms with van der Waals surface area (Å²) in [6.45, 7) is 9.72. The normalized spacial score (nSPS) is 19.5. The highest BCUT2D eigenvalue weighted by atomic mass is 16.4. The smallest absolute Gasteiger partial charge is 0.310 e. The van der Waals surface area contributed by atoms with Crippen molar-refractivity contribution in [2.45, 2.75) is 66.2 Å². The molecule has 0 bridgehead atoms. The molecule has 1 heterocycles. The summed E-state index contributed by atoms with van der Waals surface area (Å²) < 4.78 is 0. The highest BCUT2D eigenvalue weighted by Crippen LogP contribution is 2.34. The number of carbonyl (C=O) groups is 2. The summed E-state index contributed by atoms with van der Waals surface area (Å²) in [6, 6.07) is 0. The molecule has 1 N–H and O–H groups in total. The van der Waals surface area contributed by atoms with E-state index in [-0.39, 0.29) is 17.7 Å². The lowest BCUT2D eigenvalue weighted by molar-refractivity contribution is -0.154. The van der Waals surface area contributed by atoms with Crippen LogP contribution >= 0.6 is 0 Å². The van der Waals surface area contributed by atoms with Crippen LogP contribution in [0.2, 0.25) is 0 Å². The fraction of sp³-hybridized carbons (Fsp3) is 0.875. The summed E-state index contributed by atoms with van der Waals surface area (Å²) in [5.74, 6) is -0.834. The number of likely N-dealkylation sites (tertiary alicyclic amines) is 1. The van der Waals surface area contributed by atoms with Crippen LogP contribution in [0.25, 0.3) is 0 Å². The van der Waals surface area contributed by atoms with Gasteiger partial charge in [0.25, 0.3) is 0 Å². The molecule has 0 aliphatic carbocycles. The van der Waals surface area contributed by atoms with Gasteiger partial charge >= 0.3 is 5.97 Å². The second-order valence-corrected chi connectivity index (χ2v) is 6.87. The molecule has 1 aliphatic rings. The summed E-state index contributed by atoms with van der Waals surface area (Å²) in [5.41, 5.74) is -0.604. The van der Waals surface area contributed by atoms with Gasteiger partial charge in [0.15, 0.2) is 0 Å². The van der Waals surface area contributed by atoms with Crippen LogP contribution in [0.5, 0.6) is 0 Å². The maximum absolute atomic E-state index is 12.5. The number of carboxylic acids is 1. The number of carbonyl (C=O) groups excluding carboxylic acids is 1. The van der Waals surface area contributed by atoms with Gasteiger partial charge in [0.2, 0.25) is 5.91 Å². The standard InChI is InChI=1S/C16H29NO3/c1-5-16(6-2,14(19)20)12-13(18)17-10-7-8-15(3,4)9-11-17/h5-12H2,1-4H3,(H,19,20). The van der Waals surface area contributed by atoms with E-state index in [9.17, 15) is 14.7 Å². The van der Waals surface area contributed by atoms with Gasteiger partial charge in [-0.2, -0.15) is 0 Å². The molecule has 0 radical (unpaired) electrons. The molecule has 1 rings (SSSR count). The quantitative estimate of drug-likeness (QED) is 0.842. The van der Waals surface area contributed by atoms with Crippen LogP contribution in [-0.4, -0.2) is 35.0 Å². The van der Waals surface area contributed by atoms with Crippen LogP contribution in [0.3, 0.4) is 0 Å². The molecule has 1 saturated heterocycles. The van der Waals surface area contributed by atoms with E-state index in [1.807, 2.05) is 18.7 Å². The van der Waals surface area contributed by atoms with Gasteiger partial charge < -0.3 is 10.0 Å². The van der Waals surface area contributed by atoms with Crippen molar-refractivity contribution < 1.29 is 14.7 Å². The fourth-order valence-electron chi connectivity index (χ4n) is 2.95. The molecule has 4 heteroatoms. The first-order chi connectivity index (χ1) is 9.26. The summed E-state index contributed by atoms with van der Waals surface area (Å²) in [5, 5.41) is 9.44. The molecule has 4 nitrogen and oxygen atoms in total. The number of hydrogen-bond acceptors (Lipinski definition) is 2. The topological polar surface area (TPSA) is 57.6 Å². The van der Waals surface area contributed by atoms with E-state index in [1.54, 1.807) is 0 Å². The van der Waals surface area contributed by atoms with Crippen LogP contribution in [0.1, 0.15) is 66.2 Å². The highest BCUT2D eigenvalue weighted by Gasteiger charge is 2.38. The molecule has 0 aromatic carbocycles. The van der Waals surface area contributed by atoms with Crippen molar-refractivity contribution in [3.63, 3.8) is 0 Å². The summed E-state index contributed by atoms with van der Waals surface area (Å²) in [7, 11) is 0. The lowest BCUT2D eigenvalue weighted by atomic mass is 9.79. The Kier molecular flexibility index (Phi) is 5.60. The third-order valence-electron chi connectivity index (χ3n) is 4.99. The van der Waals surface area contributed by atoms with Crippen LogP contribution in [-0.2, 0) is 9.59 Å². The largest absolute Gasteiger partial charge is 0.481 e. The van der Waals surface area contributed by atoms with Gasteiger partial charge in [0.05, 0.1) is 5.41 Å². The molecule has 1 aliphatic heterocycles. The minimum Gasteiger partial charge on any atom is -0.481 e. The maximum atomic E-state index is 12.5. The molecule has 0 aromatic heterocycles. The molecule has 1 fully saturated rings. The van der Waals surface area contributed by atoms with Crippen molar-refractivity contribution in [1.82, 2.24) is 4.90 Å². The number of hydrogen-bond donors (Lipinski definition) is 1. The second kappa shape index (κ2) is 6.59. The van der Waals surface area contributed by atoms with E-state index in [0.717, 1.165) is 32.4 Å². The van der Waals surface area contributed by atoms with Gasteiger partial charge in [-0.1, -0.05) is 27.7 Å². The Labute approximate surface area is 122 Å². The molecule has 0 atom stereocenters. The zero-order chi connectivity index (χ0) is 15.4. The zero-order valence-electron chi connectivity index (χ0n) is 13.4. The Morgan fingerprint density at radius 3 is 2.25 bits per heavy atom. The molecular weight excluding hydrogens is 254 g/mol. The Balaban J connectivity index is 2.72. The van der Waals surface area contributed by atoms with Crippen molar-refractivity contribution in [2.75, 3.05) is 13.1 Å². The zero-order valence-corrected chi connectivity index (χ0v) is 13.4. The van der Waals surface area contributed by atoms with Crippen molar-refractivity contribution in [3.05, 3.63) is 0 Å². The SMILES string of the molecule is CCC(CC)(CC(=O)N1CCCC(C)(C)CC1)C(=O)O. The highest BCUT2D eigenvalue weighted by molar-refractivity contribution is 5.85. The predicted octanol–water partition coefficient (Wildman–Crippen LogP) is 3.31. The number of carboxylic acid groups (broad SMARTS) is 1.